The third-order valence-electron chi connectivity index (χ3n) is 4.48. The second kappa shape index (κ2) is 9.33. The van der Waals surface area contributed by atoms with Crippen LogP contribution < -0.4 is 4.80 Å². The molecule has 0 bridgehead atoms. The fourth-order valence-corrected chi connectivity index (χ4v) is 4.45. The molecule has 5 heteroatoms. The number of hydrogen-bond acceptors (Lipinski definition) is 3. The first kappa shape index (κ1) is 19.8. The molecule has 3 aromatic carbocycles. The topological polar surface area (TPSA) is 29.6 Å². The van der Waals surface area contributed by atoms with Gasteiger partial charge in [0, 0.05) is 26.6 Å². The van der Waals surface area contributed by atoms with Gasteiger partial charge in [-0.2, -0.15) is 5.10 Å². The zero-order valence-corrected chi connectivity index (χ0v) is 19.0. The molecule has 0 aliphatic rings. The highest BCUT2D eigenvalue weighted by atomic mass is 127. The van der Waals surface area contributed by atoms with Gasteiger partial charge in [0.25, 0.3) is 0 Å². The maximum absolute atomic E-state index is 4.78. The highest BCUT2D eigenvalue weighted by Gasteiger charge is 2.08. The lowest BCUT2D eigenvalue weighted by Gasteiger charge is -2.06. The Kier molecular flexibility index (Phi) is 6.36. The molecule has 1 aromatic heterocycles. The number of rotatable bonds is 5. The molecule has 0 fully saturated rings. The average molecular weight is 509 g/mol. The summed E-state index contributed by atoms with van der Waals surface area (Å²) < 4.78 is 3.11. The maximum Gasteiger partial charge on any atom is 0.206 e. The quantitative estimate of drug-likeness (QED) is 0.224. The van der Waals surface area contributed by atoms with Crippen molar-refractivity contribution in [3.05, 3.63) is 98.2 Å². The summed E-state index contributed by atoms with van der Waals surface area (Å²) in [6.45, 7) is 2.77. The summed E-state index contributed by atoms with van der Waals surface area (Å²) in [5.41, 5.74) is 5.69. The van der Waals surface area contributed by atoms with E-state index in [0.717, 1.165) is 28.2 Å². The number of thiazole rings is 1. The van der Waals surface area contributed by atoms with Crippen LogP contribution in [0.4, 0.5) is 0 Å². The standard InChI is InChI=1S/C24H20IN3S/c1-2-26-24-28(27-16-21-10-6-7-11-22(21)25)23(17-29-24)20-14-12-19(13-15-20)18-8-4-3-5-9-18/h3-17H,2H2,1H3. The third-order valence-corrected chi connectivity index (χ3v) is 6.32. The number of nitrogens with zero attached hydrogens (tertiary/aromatic N) is 3. The van der Waals surface area contributed by atoms with Crippen LogP contribution in [-0.2, 0) is 0 Å². The molecule has 4 rings (SSSR count). The normalized spacial score (nSPS) is 12.0. The minimum Gasteiger partial charge on any atom is -0.258 e. The predicted molar refractivity (Wildman–Crippen MR) is 131 cm³/mol. The van der Waals surface area contributed by atoms with Gasteiger partial charge in [-0.3, -0.25) is 4.99 Å². The van der Waals surface area contributed by atoms with Gasteiger partial charge in [-0.15, -0.1) is 11.3 Å². The highest BCUT2D eigenvalue weighted by molar-refractivity contribution is 14.1. The van der Waals surface area contributed by atoms with E-state index in [1.54, 1.807) is 11.3 Å². The molecule has 1 heterocycles. The van der Waals surface area contributed by atoms with Crippen LogP contribution >= 0.6 is 33.9 Å². The molecule has 0 unspecified atom stereocenters. The van der Waals surface area contributed by atoms with Crippen molar-refractivity contribution in [3.8, 4) is 22.4 Å². The first-order chi connectivity index (χ1) is 14.3. The van der Waals surface area contributed by atoms with Gasteiger partial charge in [-0.05, 0) is 46.7 Å². The Morgan fingerprint density at radius 1 is 0.862 bits per heavy atom. The van der Waals surface area contributed by atoms with E-state index in [-0.39, 0.29) is 0 Å². The minimum atomic E-state index is 0.727. The molecule has 144 valence electrons. The van der Waals surface area contributed by atoms with E-state index in [1.807, 2.05) is 36.0 Å². The number of aromatic nitrogens is 1. The summed E-state index contributed by atoms with van der Waals surface area (Å²) in [6.07, 6.45) is 1.91. The second-order valence-electron chi connectivity index (χ2n) is 6.40. The van der Waals surface area contributed by atoms with Gasteiger partial charge >= 0.3 is 0 Å². The van der Waals surface area contributed by atoms with Gasteiger partial charge in [-0.1, -0.05) is 72.8 Å². The Balaban J connectivity index is 1.73. The van der Waals surface area contributed by atoms with Crippen LogP contribution in [0.2, 0.25) is 0 Å². The van der Waals surface area contributed by atoms with Crippen LogP contribution in [0.25, 0.3) is 22.4 Å². The smallest absolute Gasteiger partial charge is 0.206 e. The molecule has 0 radical (unpaired) electrons. The molecule has 29 heavy (non-hydrogen) atoms. The summed E-state index contributed by atoms with van der Waals surface area (Å²) in [7, 11) is 0. The van der Waals surface area contributed by atoms with Crippen LogP contribution in [0.1, 0.15) is 12.5 Å². The predicted octanol–water partition coefficient (Wildman–Crippen LogP) is 6.29. The molecular weight excluding hydrogens is 489 g/mol. The molecular formula is C24H20IN3S. The van der Waals surface area contributed by atoms with E-state index in [4.69, 9.17) is 5.10 Å². The van der Waals surface area contributed by atoms with E-state index in [0.29, 0.717) is 0 Å². The summed E-state index contributed by atoms with van der Waals surface area (Å²) in [5, 5.41) is 6.90. The molecule has 0 atom stereocenters. The Labute approximate surface area is 188 Å². The van der Waals surface area contributed by atoms with Crippen LogP contribution in [0, 0.1) is 3.57 Å². The number of benzene rings is 3. The molecule has 0 spiro atoms. The van der Waals surface area contributed by atoms with E-state index in [2.05, 4.69) is 93.6 Å². The highest BCUT2D eigenvalue weighted by Crippen LogP contribution is 2.25. The lowest BCUT2D eigenvalue weighted by Crippen LogP contribution is -2.12. The Morgan fingerprint density at radius 3 is 2.24 bits per heavy atom. The van der Waals surface area contributed by atoms with Crippen molar-refractivity contribution < 1.29 is 0 Å². The van der Waals surface area contributed by atoms with Gasteiger partial charge in [0.05, 0.1) is 11.9 Å². The summed E-state index contributed by atoms with van der Waals surface area (Å²) in [6, 6.07) is 27.3. The molecule has 0 saturated heterocycles. The van der Waals surface area contributed by atoms with E-state index in [1.165, 1.54) is 14.7 Å². The van der Waals surface area contributed by atoms with Gasteiger partial charge < -0.3 is 0 Å². The summed E-state index contributed by atoms with van der Waals surface area (Å²) >= 11 is 3.95. The van der Waals surface area contributed by atoms with Crippen LogP contribution in [0.3, 0.4) is 0 Å². The van der Waals surface area contributed by atoms with Crippen molar-refractivity contribution in [2.75, 3.05) is 6.54 Å². The zero-order chi connectivity index (χ0) is 20.1. The first-order valence-electron chi connectivity index (χ1n) is 9.42. The third kappa shape index (κ3) is 4.57. The van der Waals surface area contributed by atoms with Crippen molar-refractivity contribution in [2.45, 2.75) is 6.92 Å². The number of halogens is 1. The Hall–Kier alpha value is -2.51. The van der Waals surface area contributed by atoms with Crippen LogP contribution in [0.5, 0.6) is 0 Å². The Morgan fingerprint density at radius 2 is 1.52 bits per heavy atom. The monoisotopic (exact) mass is 509 g/mol. The Bertz CT molecular complexity index is 1190. The zero-order valence-electron chi connectivity index (χ0n) is 16.0. The minimum absolute atomic E-state index is 0.727. The van der Waals surface area contributed by atoms with Crippen LogP contribution in [-0.4, -0.2) is 17.4 Å². The lowest BCUT2D eigenvalue weighted by atomic mass is 10.0. The SMILES string of the molecule is CCN=c1scc(-c2ccc(-c3ccccc3)cc2)n1N=Cc1ccccc1I. The fourth-order valence-electron chi connectivity index (χ4n) is 3.02. The van der Waals surface area contributed by atoms with Crippen molar-refractivity contribution in [3.63, 3.8) is 0 Å². The van der Waals surface area contributed by atoms with Gasteiger partial charge in [0.15, 0.2) is 0 Å². The van der Waals surface area contributed by atoms with Gasteiger partial charge in [0.1, 0.15) is 0 Å². The molecule has 0 aliphatic heterocycles. The fraction of sp³-hybridized carbons (Fsp3) is 0.0833. The first-order valence-corrected chi connectivity index (χ1v) is 11.4. The van der Waals surface area contributed by atoms with Gasteiger partial charge in [-0.25, -0.2) is 4.68 Å². The molecule has 3 nitrogen and oxygen atoms in total. The van der Waals surface area contributed by atoms with E-state index < -0.39 is 0 Å². The molecule has 0 saturated carbocycles. The summed E-state index contributed by atoms with van der Waals surface area (Å²) in [5.74, 6) is 0. The molecule has 0 N–H and O–H groups in total. The van der Waals surface area contributed by atoms with Gasteiger partial charge in [0.2, 0.25) is 4.80 Å². The largest absolute Gasteiger partial charge is 0.258 e. The molecule has 0 amide bonds. The maximum atomic E-state index is 4.78. The van der Waals surface area contributed by atoms with Crippen molar-refractivity contribution in [2.24, 2.45) is 10.1 Å². The average Bonchev–Trinajstić information content (AvgIpc) is 3.17. The summed E-state index contributed by atoms with van der Waals surface area (Å²) in [4.78, 5) is 5.52. The molecule has 4 aromatic rings. The van der Waals surface area contributed by atoms with Crippen molar-refractivity contribution in [1.29, 1.82) is 0 Å². The van der Waals surface area contributed by atoms with Crippen LogP contribution in [0.15, 0.2) is 94.3 Å². The van der Waals surface area contributed by atoms with Crippen molar-refractivity contribution in [1.82, 2.24) is 4.68 Å². The molecule has 0 aliphatic carbocycles. The van der Waals surface area contributed by atoms with E-state index in [9.17, 15) is 0 Å². The van der Waals surface area contributed by atoms with E-state index >= 15 is 0 Å². The lowest BCUT2D eigenvalue weighted by molar-refractivity contribution is 0.833. The number of hydrogen-bond donors (Lipinski definition) is 0. The second-order valence-corrected chi connectivity index (χ2v) is 8.40. The van der Waals surface area contributed by atoms with Crippen molar-refractivity contribution >= 4 is 40.1 Å².